The van der Waals surface area contributed by atoms with Crippen LogP contribution in [-0.2, 0) is 33.2 Å². The summed E-state index contributed by atoms with van der Waals surface area (Å²) in [7, 11) is 3.24. The molecule has 1 amide bonds. The standard InChI is InChI=1S/C24H25F6N6O5Si/c1-22(42,33-16-6-32-34-20(38)18(16)24(28,29)30)12-41-11-17(37)21(39)36-3-2-35-7-13(8-36)9-40-10-14-4-15(23(25,26)27)5-31-19(14)35/h4-7,13,17,37H,2-3,8-12H2,1H3,(H-,33,34,38)/p+1/t13-,17+,22+/m1/s1. The van der Waals surface area contributed by atoms with Crippen LogP contribution < -0.4 is 10.9 Å². The third-order valence-corrected chi connectivity index (χ3v) is 6.67. The number of aromatic nitrogens is 3. The van der Waals surface area contributed by atoms with Crippen LogP contribution in [0.25, 0.3) is 0 Å². The lowest BCUT2D eigenvalue weighted by atomic mass is 10.1. The predicted octanol–water partition coefficient (Wildman–Crippen LogP) is 1.28. The van der Waals surface area contributed by atoms with E-state index < -0.39 is 58.5 Å². The fourth-order valence-electron chi connectivity index (χ4n) is 4.56. The smallest absolute Gasteiger partial charge is 0.381 e. The van der Waals surface area contributed by atoms with Gasteiger partial charge in [-0.3, -0.25) is 9.59 Å². The van der Waals surface area contributed by atoms with Gasteiger partial charge in [0.05, 0.1) is 78.4 Å². The molecule has 3 atom stereocenters. The molecular formula is C24H26F6N6O5Si+. The fourth-order valence-corrected chi connectivity index (χ4v) is 4.80. The maximum Gasteiger partial charge on any atom is 0.423 e. The summed E-state index contributed by atoms with van der Waals surface area (Å²) in [6.07, 6.45) is -7.89. The molecule has 2 aliphatic rings. The molecule has 4 rings (SSSR count). The number of ether oxygens (including phenoxy) is 2. The van der Waals surface area contributed by atoms with Gasteiger partial charge < -0.3 is 24.8 Å². The van der Waals surface area contributed by atoms with Crippen LogP contribution in [-0.4, -0.2) is 103 Å². The molecule has 18 heteroatoms. The number of H-pyrrole nitrogens is 1. The van der Waals surface area contributed by atoms with Crippen molar-refractivity contribution in [3.8, 4) is 0 Å². The van der Waals surface area contributed by atoms with Crippen LogP contribution in [0.2, 0.25) is 0 Å². The number of alkyl halides is 6. The predicted molar refractivity (Wildman–Crippen MR) is 134 cm³/mol. The zero-order chi connectivity index (χ0) is 30.9. The average molecular weight is 621 g/mol. The quantitative estimate of drug-likeness (QED) is 0.240. The highest BCUT2D eigenvalue weighted by atomic mass is 28.1. The second-order valence-electron chi connectivity index (χ2n) is 10.1. The number of halogens is 6. The first kappa shape index (κ1) is 31.6. The number of anilines is 1. The minimum Gasteiger partial charge on any atom is -0.381 e. The molecule has 0 saturated heterocycles. The molecule has 227 valence electrons. The molecule has 0 aromatic carbocycles. The number of pyridine rings is 1. The summed E-state index contributed by atoms with van der Waals surface area (Å²) in [4.78, 5) is 30.1. The van der Waals surface area contributed by atoms with E-state index in [2.05, 4.69) is 25.6 Å². The van der Waals surface area contributed by atoms with Gasteiger partial charge in [-0.05, 0) is 18.0 Å². The maximum atomic E-state index is 13.3. The topological polar surface area (TPSA) is 133 Å². The number of rotatable bonds is 7. The van der Waals surface area contributed by atoms with E-state index in [-0.39, 0.29) is 56.8 Å². The number of amides is 1. The van der Waals surface area contributed by atoms with Crippen molar-refractivity contribution in [1.82, 2.24) is 20.1 Å². The zero-order valence-corrected chi connectivity index (χ0v) is 23.1. The highest BCUT2D eigenvalue weighted by Crippen LogP contribution is 2.33. The normalized spacial score (nSPS) is 19.9. The Hall–Kier alpha value is -3.35. The minimum absolute atomic E-state index is 0.103. The van der Waals surface area contributed by atoms with E-state index in [0.29, 0.717) is 0 Å². The molecule has 0 spiro atoms. The Labute approximate surface area is 238 Å². The van der Waals surface area contributed by atoms with E-state index in [1.165, 1.54) is 11.8 Å². The van der Waals surface area contributed by atoms with Crippen molar-refractivity contribution in [2.75, 3.05) is 44.8 Å². The lowest BCUT2D eigenvalue weighted by molar-refractivity contribution is -0.441. The van der Waals surface area contributed by atoms with E-state index in [1.807, 2.05) is 0 Å². The van der Waals surface area contributed by atoms with Crippen LogP contribution in [0.5, 0.6) is 0 Å². The number of nitrogens with zero attached hydrogens (tertiary/aromatic N) is 4. The van der Waals surface area contributed by atoms with Crippen molar-refractivity contribution in [1.29, 1.82) is 0 Å². The van der Waals surface area contributed by atoms with Gasteiger partial charge >= 0.3 is 18.2 Å². The number of nitrogens with one attached hydrogen (secondary N) is 2. The Kier molecular flexibility index (Phi) is 9.10. The minimum atomic E-state index is -4.96. The molecule has 3 radical (unpaired) electrons. The van der Waals surface area contributed by atoms with Crippen molar-refractivity contribution in [3.63, 3.8) is 0 Å². The van der Waals surface area contributed by atoms with Crippen LogP contribution in [0.4, 0.5) is 37.8 Å². The highest BCUT2D eigenvalue weighted by molar-refractivity contribution is 6.16. The van der Waals surface area contributed by atoms with Gasteiger partial charge in [0.15, 0.2) is 12.3 Å². The Morgan fingerprint density at radius 2 is 2.05 bits per heavy atom. The molecule has 0 saturated carbocycles. The molecule has 42 heavy (non-hydrogen) atoms. The van der Waals surface area contributed by atoms with Crippen molar-refractivity contribution in [2.45, 2.75) is 37.1 Å². The molecule has 2 aliphatic heterocycles. The van der Waals surface area contributed by atoms with E-state index in [0.717, 1.165) is 18.5 Å². The molecule has 0 fully saturated rings. The van der Waals surface area contributed by atoms with Gasteiger partial charge in [-0.15, -0.1) is 0 Å². The number of aliphatic hydroxyl groups excluding tert-OH is 1. The van der Waals surface area contributed by atoms with Crippen LogP contribution in [0.1, 0.15) is 23.6 Å². The van der Waals surface area contributed by atoms with Gasteiger partial charge in [-0.1, -0.05) is 0 Å². The van der Waals surface area contributed by atoms with Crippen molar-refractivity contribution in [2.24, 2.45) is 5.92 Å². The van der Waals surface area contributed by atoms with E-state index >= 15 is 0 Å². The molecule has 3 N–H and O–H groups in total. The first-order valence-corrected chi connectivity index (χ1v) is 13.0. The Morgan fingerprint density at radius 3 is 2.74 bits per heavy atom. The van der Waals surface area contributed by atoms with Gasteiger partial charge in [0.1, 0.15) is 12.1 Å². The first-order valence-electron chi connectivity index (χ1n) is 12.5. The second-order valence-corrected chi connectivity index (χ2v) is 11.2. The lowest BCUT2D eigenvalue weighted by Gasteiger charge is -2.29. The van der Waals surface area contributed by atoms with Crippen LogP contribution >= 0.6 is 0 Å². The van der Waals surface area contributed by atoms with Crippen LogP contribution in [0.15, 0.2) is 23.3 Å². The summed E-state index contributed by atoms with van der Waals surface area (Å²) in [5.41, 5.74) is -4.18. The second kappa shape index (κ2) is 12.1. The molecule has 2 aromatic heterocycles. The maximum absolute atomic E-state index is 13.3. The number of aliphatic hydroxyl groups is 1. The van der Waals surface area contributed by atoms with E-state index in [9.17, 15) is 41.0 Å². The van der Waals surface area contributed by atoms with Crippen LogP contribution in [0, 0.1) is 5.92 Å². The molecule has 0 aliphatic carbocycles. The number of carbonyl (C=O) groups excluding carboxylic acids is 1. The van der Waals surface area contributed by atoms with Gasteiger partial charge in [-0.25, -0.2) is 9.67 Å². The number of hydrogen-bond donors (Lipinski definition) is 3. The fraction of sp³-hybridized carbons (Fsp3) is 0.542. The summed E-state index contributed by atoms with van der Waals surface area (Å²) in [5, 5.41) is 16.7. The molecule has 2 aromatic rings. The van der Waals surface area contributed by atoms with Gasteiger partial charge in [0.25, 0.3) is 11.5 Å². The molecule has 4 heterocycles. The van der Waals surface area contributed by atoms with Gasteiger partial charge in [0, 0.05) is 11.7 Å². The summed E-state index contributed by atoms with van der Waals surface area (Å²) in [6.45, 7) is 1.02. The summed E-state index contributed by atoms with van der Waals surface area (Å²) in [5.74, 6) is -0.752. The zero-order valence-electron chi connectivity index (χ0n) is 22.1. The monoisotopic (exact) mass is 620 g/mol. The third kappa shape index (κ3) is 7.53. The Bertz CT molecular complexity index is 1400. The largest absolute Gasteiger partial charge is 0.423 e. The number of hydrogen-bond acceptors (Lipinski definition) is 8. The lowest BCUT2D eigenvalue weighted by Crippen LogP contribution is -2.46. The Balaban J connectivity index is 1.36. The molecular weight excluding hydrogens is 594 g/mol. The molecule has 0 unspecified atom stereocenters. The summed E-state index contributed by atoms with van der Waals surface area (Å²) >= 11 is 0. The summed E-state index contributed by atoms with van der Waals surface area (Å²) < 4.78 is 92.1. The van der Waals surface area contributed by atoms with Crippen molar-refractivity contribution < 1.29 is 50.3 Å². The van der Waals surface area contributed by atoms with Crippen LogP contribution in [0.3, 0.4) is 0 Å². The molecule has 2 bridgehead atoms. The van der Waals surface area contributed by atoms with Crippen molar-refractivity contribution >= 4 is 33.9 Å². The van der Waals surface area contributed by atoms with E-state index in [1.54, 1.807) is 15.9 Å². The average Bonchev–Trinajstić information content (AvgIpc) is 3.09. The van der Waals surface area contributed by atoms with Gasteiger partial charge in [-0.2, -0.15) is 31.4 Å². The van der Waals surface area contributed by atoms with E-state index in [4.69, 9.17) is 9.47 Å². The van der Waals surface area contributed by atoms with Gasteiger partial charge in [0.2, 0.25) is 0 Å². The van der Waals surface area contributed by atoms with Crippen molar-refractivity contribution in [3.05, 3.63) is 45.5 Å². The number of aromatic amines is 1. The number of fused-ring (bicyclic) bond motifs is 3. The number of carbonyl (C=O) groups is 1. The third-order valence-electron chi connectivity index (χ3n) is 6.40. The molecule has 11 nitrogen and oxygen atoms in total. The summed E-state index contributed by atoms with van der Waals surface area (Å²) in [6, 6.07) is 0.980. The Morgan fingerprint density at radius 1 is 1.31 bits per heavy atom. The highest BCUT2D eigenvalue weighted by Gasteiger charge is 2.39. The first-order chi connectivity index (χ1) is 19.5. The SMILES string of the molecule is C[C@]([Si])(COC[C@H](O)C(=O)N1CC[N+]2=C[C@@H](COCc3cc(C(F)(F)F)cnc32)C1)Nc1cn[nH]c(=O)c1C(F)(F)F.